The van der Waals surface area contributed by atoms with Crippen LogP contribution in [-0.4, -0.2) is 32.7 Å². The average molecular weight is 491 g/mol. The molecule has 0 bridgehead atoms. The summed E-state index contributed by atoms with van der Waals surface area (Å²) in [7, 11) is 1.48. The van der Waals surface area contributed by atoms with Gasteiger partial charge in [-0.3, -0.25) is 9.59 Å². The van der Waals surface area contributed by atoms with Crippen molar-refractivity contribution in [1.82, 2.24) is 9.38 Å². The maximum absolute atomic E-state index is 12.7. The third-order valence-electron chi connectivity index (χ3n) is 4.18. The van der Waals surface area contributed by atoms with Gasteiger partial charge in [-0.2, -0.15) is 0 Å². The fourth-order valence-corrected chi connectivity index (χ4v) is 4.26. The number of phenolic OH excluding ortho intramolecular Hbond substituents is 1. The van der Waals surface area contributed by atoms with Crippen molar-refractivity contribution in [2.45, 2.75) is 19.8 Å². The van der Waals surface area contributed by atoms with Gasteiger partial charge in [-0.1, -0.05) is 30.4 Å². The molecule has 2 aromatic heterocycles. The van der Waals surface area contributed by atoms with Crippen LogP contribution in [0.1, 0.15) is 25.3 Å². The number of imidazole rings is 1. The van der Waals surface area contributed by atoms with Crippen LogP contribution in [0, 0.1) is 0 Å². The number of aromatic nitrogens is 2. The summed E-state index contributed by atoms with van der Waals surface area (Å²) in [6.07, 6.45) is 2.79. The third-order valence-corrected chi connectivity index (χ3v) is 5.75. The molecule has 0 amide bonds. The molecule has 4 aromatic rings. The van der Waals surface area contributed by atoms with Crippen LogP contribution < -0.4 is 14.8 Å². The summed E-state index contributed by atoms with van der Waals surface area (Å²) in [6, 6.07) is 11.0. The third kappa shape index (κ3) is 4.47. The second kappa shape index (κ2) is 9.27. The van der Waals surface area contributed by atoms with E-state index in [1.54, 1.807) is 22.6 Å². The van der Waals surface area contributed by atoms with Crippen molar-refractivity contribution in [3.05, 3.63) is 61.3 Å². The molecular formula is C21H19BrN2O5S. The number of para-hydroxylation sites is 2. The van der Waals surface area contributed by atoms with Gasteiger partial charge in [0.25, 0.3) is 5.56 Å². The summed E-state index contributed by atoms with van der Waals surface area (Å²) in [5.74, 6) is -0.337. The van der Waals surface area contributed by atoms with Crippen LogP contribution in [0.2, 0.25) is 0 Å². The highest BCUT2D eigenvalue weighted by molar-refractivity contribution is 9.10. The minimum Gasteiger partial charge on any atom is -0.503 e. The molecule has 7 nitrogen and oxygen atoms in total. The molecule has 156 valence electrons. The Labute approximate surface area is 184 Å². The number of hydrogen-bond donors (Lipinski definition) is 2. The van der Waals surface area contributed by atoms with Gasteiger partial charge in [-0.15, -0.1) is 0 Å². The van der Waals surface area contributed by atoms with Crippen LogP contribution in [0.4, 0.5) is 0 Å². The highest BCUT2D eigenvalue weighted by atomic mass is 79.9. The largest absolute Gasteiger partial charge is 0.503 e. The second-order valence-corrected chi connectivity index (χ2v) is 8.20. The number of aromatic hydroxyl groups is 1. The lowest BCUT2D eigenvalue weighted by Crippen LogP contribution is -2.22. The number of rotatable bonds is 4. The van der Waals surface area contributed by atoms with Gasteiger partial charge in [0, 0.05) is 6.42 Å². The Hall–Kier alpha value is -2.91. The van der Waals surface area contributed by atoms with E-state index >= 15 is 0 Å². The SMILES string of the molecule is CCCC(=O)O.COc1cc(/C=c2/sc3nc4ccccc4n3c2=O)cc(Br)c1O. The van der Waals surface area contributed by atoms with E-state index in [0.717, 1.165) is 23.0 Å². The van der Waals surface area contributed by atoms with Crippen LogP contribution in [0.25, 0.3) is 22.1 Å². The van der Waals surface area contributed by atoms with Gasteiger partial charge in [0.1, 0.15) is 0 Å². The Morgan fingerprint density at radius 1 is 1.33 bits per heavy atom. The zero-order chi connectivity index (χ0) is 21.8. The number of halogens is 1. The van der Waals surface area contributed by atoms with E-state index in [4.69, 9.17) is 9.84 Å². The van der Waals surface area contributed by atoms with Gasteiger partial charge in [0.05, 0.1) is 27.1 Å². The Morgan fingerprint density at radius 3 is 2.70 bits per heavy atom. The van der Waals surface area contributed by atoms with Crippen molar-refractivity contribution in [2.24, 2.45) is 0 Å². The average Bonchev–Trinajstić information content (AvgIpc) is 3.21. The minimum absolute atomic E-state index is 0.0315. The van der Waals surface area contributed by atoms with Gasteiger partial charge < -0.3 is 14.9 Å². The first-order chi connectivity index (χ1) is 14.3. The number of phenols is 1. The van der Waals surface area contributed by atoms with Gasteiger partial charge in [-0.25, -0.2) is 9.38 Å². The van der Waals surface area contributed by atoms with E-state index in [1.807, 2.05) is 31.2 Å². The summed E-state index contributed by atoms with van der Waals surface area (Å²) in [6.45, 7) is 1.84. The van der Waals surface area contributed by atoms with Crippen LogP contribution >= 0.6 is 27.3 Å². The summed E-state index contributed by atoms with van der Waals surface area (Å²) in [4.78, 5) is 27.5. The number of methoxy groups -OCH3 is 1. The van der Waals surface area contributed by atoms with Crippen LogP contribution in [0.15, 0.2) is 45.7 Å². The number of aliphatic carboxylic acids is 1. The quantitative estimate of drug-likeness (QED) is 0.451. The normalized spacial score (nSPS) is 11.5. The molecule has 0 aliphatic heterocycles. The van der Waals surface area contributed by atoms with Crippen molar-refractivity contribution in [3.8, 4) is 11.5 Å². The molecule has 0 atom stereocenters. The van der Waals surface area contributed by atoms with Gasteiger partial charge in [0.15, 0.2) is 16.5 Å². The Kier molecular flexibility index (Phi) is 6.73. The topological polar surface area (TPSA) is 101 Å². The summed E-state index contributed by atoms with van der Waals surface area (Å²) >= 11 is 4.62. The zero-order valence-corrected chi connectivity index (χ0v) is 18.7. The summed E-state index contributed by atoms with van der Waals surface area (Å²) in [5, 5.41) is 17.8. The van der Waals surface area contributed by atoms with Crippen LogP contribution in [-0.2, 0) is 4.79 Å². The first kappa shape index (κ1) is 21.8. The molecule has 30 heavy (non-hydrogen) atoms. The highest BCUT2D eigenvalue weighted by Gasteiger charge is 2.12. The van der Waals surface area contributed by atoms with Gasteiger partial charge in [-0.05, 0) is 58.3 Å². The Balaban J connectivity index is 0.000000377. The smallest absolute Gasteiger partial charge is 0.303 e. The highest BCUT2D eigenvalue weighted by Crippen LogP contribution is 2.35. The molecular weight excluding hydrogens is 472 g/mol. The van der Waals surface area contributed by atoms with Crippen molar-refractivity contribution in [3.63, 3.8) is 0 Å². The fourth-order valence-electron chi connectivity index (χ4n) is 2.81. The lowest BCUT2D eigenvalue weighted by Gasteiger charge is -2.06. The zero-order valence-electron chi connectivity index (χ0n) is 16.3. The molecule has 4 rings (SSSR count). The molecule has 0 fully saturated rings. The molecule has 0 aliphatic carbocycles. The number of hydrogen-bond acceptors (Lipinski definition) is 6. The predicted molar refractivity (Wildman–Crippen MR) is 121 cm³/mol. The number of carboxylic acid groups (broad SMARTS) is 1. The molecule has 2 heterocycles. The second-order valence-electron chi connectivity index (χ2n) is 6.33. The summed E-state index contributed by atoms with van der Waals surface area (Å²) < 4.78 is 7.85. The van der Waals surface area contributed by atoms with Gasteiger partial charge in [0.2, 0.25) is 0 Å². The number of nitrogens with zero attached hydrogens (tertiary/aromatic N) is 2. The Morgan fingerprint density at radius 2 is 2.07 bits per heavy atom. The van der Waals surface area contributed by atoms with Crippen molar-refractivity contribution < 1.29 is 19.7 Å². The molecule has 2 N–H and O–H groups in total. The van der Waals surface area contributed by atoms with E-state index in [1.165, 1.54) is 18.4 Å². The molecule has 0 saturated heterocycles. The fraction of sp³-hybridized carbons (Fsp3) is 0.190. The molecule has 0 spiro atoms. The number of carboxylic acids is 1. The molecule has 9 heteroatoms. The molecule has 0 radical (unpaired) electrons. The van der Waals surface area contributed by atoms with Gasteiger partial charge >= 0.3 is 5.97 Å². The number of fused-ring (bicyclic) bond motifs is 3. The standard InChI is InChI=1S/C17H11BrN2O3S.C4H8O2/c1-23-13-7-9(6-10(18)15(13)21)8-14-16(22)20-12-5-3-2-4-11(12)19-17(20)24-14;1-2-3-4(5)6/h2-8,21H,1H3;2-3H2,1H3,(H,5,6)/b14-8+;. The van der Waals surface area contributed by atoms with Crippen molar-refractivity contribution >= 4 is 55.3 Å². The van der Waals surface area contributed by atoms with E-state index in [2.05, 4.69) is 20.9 Å². The number of carbonyl (C=O) groups is 1. The van der Waals surface area contributed by atoms with E-state index < -0.39 is 5.97 Å². The Bertz CT molecular complexity index is 1330. The van der Waals surface area contributed by atoms with Crippen molar-refractivity contribution in [1.29, 1.82) is 0 Å². The number of ether oxygens (including phenoxy) is 1. The first-order valence-electron chi connectivity index (χ1n) is 9.05. The minimum atomic E-state index is -0.711. The number of thiazole rings is 1. The monoisotopic (exact) mass is 490 g/mol. The van der Waals surface area contributed by atoms with Crippen molar-refractivity contribution in [2.75, 3.05) is 7.11 Å². The van der Waals surface area contributed by atoms with Crippen LogP contribution in [0.3, 0.4) is 0 Å². The van der Waals surface area contributed by atoms with Crippen LogP contribution in [0.5, 0.6) is 11.5 Å². The van der Waals surface area contributed by atoms with E-state index in [-0.39, 0.29) is 11.3 Å². The molecule has 0 saturated carbocycles. The summed E-state index contributed by atoms with van der Waals surface area (Å²) in [5.41, 5.74) is 2.26. The molecule has 0 aliphatic rings. The molecule has 0 unspecified atom stereocenters. The maximum atomic E-state index is 12.7. The lowest BCUT2D eigenvalue weighted by molar-refractivity contribution is -0.137. The number of benzene rings is 2. The lowest BCUT2D eigenvalue weighted by atomic mass is 10.2. The first-order valence-corrected chi connectivity index (χ1v) is 10.7. The maximum Gasteiger partial charge on any atom is 0.303 e. The molecule has 2 aromatic carbocycles. The van der Waals surface area contributed by atoms with E-state index in [9.17, 15) is 14.7 Å². The predicted octanol–water partition coefficient (Wildman–Crippen LogP) is 3.80. The van der Waals surface area contributed by atoms with E-state index in [0.29, 0.717) is 26.1 Å².